The van der Waals surface area contributed by atoms with Gasteiger partial charge in [-0.2, -0.15) is 4.98 Å². The zero-order valence-corrected chi connectivity index (χ0v) is 18.7. The zero-order chi connectivity index (χ0) is 23.4. The molecule has 0 bridgehead atoms. The number of aliphatic hydroxyl groups is 1. The summed E-state index contributed by atoms with van der Waals surface area (Å²) >= 11 is 5.88. The molecule has 10 heteroatoms. The van der Waals surface area contributed by atoms with Crippen molar-refractivity contribution < 1.29 is 9.84 Å². The molecule has 0 aliphatic heterocycles. The number of aliphatic hydroxyl groups excluding tert-OH is 1. The third-order valence-electron chi connectivity index (χ3n) is 5.20. The van der Waals surface area contributed by atoms with Crippen LogP contribution in [0.25, 0.3) is 11.2 Å². The van der Waals surface area contributed by atoms with Crippen molar-refractivity contribution in [2.24, 2.45) is 7.05 Å². The summed E-state index contributed by atoms with van der Waals surface area (Å²) in [6, 6.07) is 16.7. The molecule has 0 radical (unpaired) electrons. The molecule has 0 aliphatic carbocycles. The summed E-state index contributed by atoms with van der Waals surface area (Å²) < 4.78 is 8.48. The van der Waals surface area contributed by atoms with E-state index in [0.717, 1.165) is 12.0 Å². The van der Waals surface area contributed by atoms with Gasteiger partial charge in [0.15, 0.2) is 11.2 Å². The highest BCUT2D eigenvalue weighted by Crippen LogP contribution is 2.18. The van der Waals surface area contributed by atoms with Crippen LogP contribution in [0, 0.1) is 0 Å². The molecule has 0 spiro atoms. The van der Waals surface area contributed by atoms with Crippen LogP contribution in [0.15, 0.2) is 64.2 Å². The van der Waals surface area contributed by atoms with Gasteiger partial charge in [-0.15, -0.1) is 0 Å². The van der Waals surface area contributed by atoms with Crippen molar-refractivity contribution in [3.05, 3.63) is 86.0 Å². The smallest absolute Gasteiger partial charge is 0.329 e. The summed E-state index contributed by atoms with van der Waals surface area (Å²) in [5.74, 6) is 0.952. The van der Waals surface area contributed by atoms with Crippen molar-refractivity contribution in [1.82, 2.24) is 19.1 Å². The van der Waals surface area contributed by atoms with Gasteiger partial charge in [-0.25, -0.2) is 4.79 Å². The van der Waals surface area contributed by atoms with Crippen LogP contribution in [0.2, 0.25) is 5.02 Å². The van der Waals surface area contributed by atoms with E-state index in [1.807, 2.05) is 30.3 Å². The van der Waals surface area contributed by atoms with E-state index in [1.165, 1.54) is 11.6 Å². The second kappa shape index (κ2) is 9.93. The summed E-state index contributed by atoms with van der Waals surface area (Å²) in [6.07, 6.45) is -0.203. The van der Waals surface area contributed by atoms with Crippen LogP contribution in [0.3, 0.4) is 0 Å². The minimum Gasteiger partial charge on any atom is -0.491 e. The molecule has 9 nitrogen and oxygen atoms in total. The maximum absolute atomic E-state index is 12.6. The number of anilines is 1. The fraction of sp³-hybridized carbons (Fsp3) is 0.261. The van der Waals surface area contributed by atoms with Crippen LogP contribution in [0.1, 0.15) is 5.56 Å². The number of imidazole rings is 1. The molecule has 4 rings (SSSR count). The van der Waals surface area contributed by atoms with Gasteiger partial charge in [-0.05, 0) is 36.2 Å². The third-order valence-corrected chi connectivity index (χ3v) is 5.45. The number of aromatic amines is 1. The van der Waals surface area contributed by atoms with Gasteiger partial charge in [0.05, 0.1) is 6.54 Å². The molecule has 0 saturated carbocycles. The van der Waals surface area contributed by atoms with E-state index in [4.69, 9.17) is 16.3 Å². The Morgan fingerprint density at radius 3 is 2.61 bits per heavy atom. The van der Waals surface area contributed by atoms with Gasteiger partial charge in [0.25, 0.3) is 5.56 Å². The molecule has 0 saturated heterocycles. The number of aromatic nitrogens is 4. The lowest BCUT2D eigenvalue weighted by atomic mass is 10.1. The van der Waals surface area contributed by atoms with Gasteiger partial charge >= 0.3 is 5.69 Å². The van der Waals surface area contributed by atoms with Crippen molar-refractivity contribution in [3.63, 3.8) is 0 Å². The number of fused-ring (bicyclic) bond motifs is 1. The van der Waals surface area contributed by atoms with E-state index in [9.17, 15) is 14.7 Å². The molecular formula is C23H24ClN5O4. The average Bonchev–Trinajstić information content (AvgIpc) is 3.16. The summed E-state index contributed by atoms with van der Waals surface area (Å²) in [5, 5.41) is 14.4. The molecule has 0 fully saturated rings. The number of aryl methyl sites for hydroxylation is 1. The van der Waals surface area contributed by atoms with Gasteiger partial charge < -0.3 is 19.7 Å². The molecule has 0 amide bonds. The van der Waals surface area contributed by atoms with E-state index < -0.39 is 17.4 Å². The van der Waals surface area contributed by atoms with Gasteiger partial charge in [-0.3, -0.25) is 14.3 Å². The summed E-state index contributed by atoms with van der Waals surface area (Å²) in [4.78, 5) is 31.4. The number of benzene rings is 2. The van der Waals surface area contributed by atoms with Crippen molar-refractivity contribution in [2.45, 2.75) is 19.1 Å². The number of halogens is 1. The van der Waals surface area contributed by atoms with Crippen molar-refractivity contribution in [2.75, 3.05) is 18.5 Å². The number of nitrogens with one attached hydrogen (secondary N) is 2. The molecule has 2 heterocycles. The minimum atomic E-state index is -0.940. The second-order valence-electron chi connectivity index (χ2n) is 7.62. The summed E-state index contributed by atoms with van der Waals surface area (Å²) in [5.41, 5.74) is 0.457. The van der Waals surface area contributed by atoms with Crippen molar-refractivity contribution in [1.29, 1.82) is 0 Å². The van der Waals surface area contributed by atoms with Crippen LogP contribution in [-0.2, 0) is 20.0 Å². The Kier molecular flexibility index (Phi) is 6.81. The lowest BCUT2D eigenvalue weighted by Gasteiger charge is -2.16. The number of hydrogen-bond donors (Lipinski definition) is 3. The number of nitrogens with zero attached hydrogens (tertiary/aromatic N) is 3. The quantitative estimate of drug-likeness (QED) is 0.346. The Morgan fingerprint density at radius 2 is 1.88 bits per heavy atom. The molecule has 1 unspecified atom stereocenters. The van der Waals surface area contributed by atoms with Crippen LogP contribution >= 0.6 is 11.6 Å². The second-order valence-corrected chi connectivity index (χ2v) is 8.05. The molecule has 172 valence electrons. The molecule has 3 N–H and O–H groups in total. The topological polar surface area (TPSA) is 114 Å². The predicted octanol–water partition coefficient (Wildman–Crippen LogP) is 2.17. The molecule has 1 atom stereocenters. The predicted molar refractivity (Wildman–Crippen MR) is 127 cm³/mol. The van der Waals surface area contributed by atoms with E-state index in [0.29, 0.717) is 23.3 Å². The fourth-order valence-corrected chi connectivity index (χ4v) is 3.62. The maximum Gasteiger partial charge on any atom is 0.329 e. The fourth-order valence-electron chi connectivity index (χ4n) is 3.50. The lowest BCUT2D eigenvalue weighted by molar-refractivity contribution is 0.0938. The lowest BCUT2D eigenvalue weighted by Crippen LogP contribution is -2.31. The summed E-state index contributed by atoms with van der Waals surface area (Å²) in [6.45, 7) is 0.587. The Labute approximate surface area is 194 Å². The normalized spacial score (nSPS) is 12.1. The van der Waals surface area contributed by atoms with Crippen LogP contribution in [0.4, 0.5) is 5.95 Å². The molecule has 2 aromatic carbocycles. The standard InChI is InChI=1S/C23H24ClN5O4/c1-28-20-19(21(31)27-23(28)32)29(13-17(30)14-33-18-9-7-16(24)8-10-18)22(26-20)25-12-11-15-5-3-2-4-6-15/h2-10,17,30H,11-14H2,1H3,(H,25,26)(H,27,31,32). The first-order chi connectivity index (χ1) is 15.9. The van der Waals surface area contributed by atoms with Crippen LogP contribution in [0.5, 0.6) is 5.75 Å². The molecule has 0 aliphatic rings. The van der Waals surface area contributed by atoms with Gasteiger partial charge in [0.1, 0.15) is 18.5 Å². The average molecular weight is 470 g/mol. The zero-order valence-electron chi connectivity index (χ0n) is 18.0. The maximum atomic E-state index is 12.6. The first-order valence-electron chi connectivity index (χ1n) is 10.5. The molecule has 2 aromatic heterocycles. The van der Waals surface area contributed by atoms with Gasteiger partial charge in [0, 0.05) is 18.6 Å². The Hall–Kier alpha value is -3.56. The third kappa shape index (κ3) is 5.27. The van der Waals surface area contributed by atoms with E-state index in [2.05, 4.69) is 15.3 Å². The first-order valence-corrected chi connectivity index (χ1v) is 10.8. The van der Waals surface area contributed by atoms with Crippen molar-refractivity contribution >= 4 is 28.7 Å². The highest BCUT2D eigenvalue weighted by atomic mass is 35.5. The molecular weight excluding hydrogens is 446 g/mol. The highest BCUT2D eigenvalue weighted by molar-refractivity contribution is 6.30. The van der Waals surface area contributed by atoms with Crippen LogP contribution < -0.4 is 21.3 Å². The van der Waals surface area contributed by atoms with Gasteiger partial charge in [-0.1, -0.05) is 41.9 Å². The van der Waals surface area contributed by atoms with E-state index in [-0.39, 0.29) is 24.3 Å². The van der Waals surface area contributed by atoms with E-state index >= 15 is 0 Å². The number of hydrogen-bond acceptors (Lipinski definition) is 6. The monoisotopic (exact) mass is 469 g/mol. The SMILES string of the molecule is Cn1c(=O)[nH]c(=O)c2c1nc(NCCc1ccccc1)n2CC(O)COc1ccc(Cl)cc1. The van der Waals surface area contributed by atoms with Crippen LogP contribution in [-0.4, -0.2) is 43.5 Å². The molecule has 4 aromatic rings. The summed E-state index contributed by atoms with van der Waals surface area (Å²) in [7, 11) is 1.53. The Balaban J connectivity index is 1.56. The number of rotatable bonds is 9. The Morgan fingerprint density at radius 1 is 1.15 bits per heavy atom. The first kappa shape index (κ1) is 22.6. The molecule has 33 heavy (non-hydrogen) atoms. The Bertz CT molecular complexity index is 1350. The highest BCUT2D eigenvalue weighted by Gasteiger charge is 2.20. The number of H-pyrrole nitrogens is 1. The van der Waals surface area contributed by atoms with E-state index in [1.54, 1.807) is 28.8 Å². The number of ether oxygens (including phenoxy) is 1. The largest absolute Gasteiger partial charge is 0.491 e. The van der Waals surface area contributed by atoms with Crippen molar-refractivity contribution in [3.8, 4) is 5.75 Å². The minimum absolute atomic E-state index is 0.00553. The van der Waals surface area contributed by atoms with Gasteiger partial charge in [0.2, 0.25) is 5.95 Å².